The number of nitrogens with one attached hydrogen (secondary N) is 1. The summed E-state index contributed by atoms with van der Waals surface area (Å²) in [5.74, 6) is 0.895. The zero-order valence-electron chi connectivity index (χ0n) is 13.5. The first kappa shape index (κ1) is 14.7. The molecule has 0 bridgehead atoms. The van der Waals surface area contributed by atoms with Gasteiger partial charge >= 0.3 is 0 Å². The van der Waals surface area contributed by atoms with Gasteiger partial charge in [0.15, 0.2) is 0 Å². The molecule has 116 valence electrons. The second kappa shape index (κ2) is 5.89. The van der Waals surface area contributed by atoms with Gasteiger partial charge in [-0.1, -0.05) is 20.8 Å². The van der Waals surface area contributed by atoms with Gasteiger partial charge in [0.25, 0.3) is 0 Å². The Hall–Kier alpha value is -1.20. The van der Waals surface area contributed by atoms with Crippen molar-refractivity contribution in [3.8, 4) is 0 Å². The number of aromatic nitrogens is 2. The molecule has 2 aliphatic rings. The Morgan fingerprint density at radius 1 is 1.19 bits per heavy atom. The number of hydrogen-bond donors (Lipinski definition) is 1. The first-order valence-corrected chi connectivity index (χ1v) is 8.07. The van der Waals surface area contributed by atoms with Crippen LogP contribution in [0.1, 0.15) is 32.9 Å². The van der Waals surface area contributed by atoms with E-state index in [1.54, 1.807) is 0 Å². The van der Waals surface area contributed by atoms with Crippen LogP contribution in [0.2, 0.25) is 0 Å². The maximum atomic E-state index is 4.77. The molecule has 21 heavy (non-hydrogen) atoms. The molecule has 1 unspecified atom stereocenters. The van der Waals surface area contributed by atoms with Crippen molar-refractivity contribution >= 4 is 5.95 Å². The summed E-state index contributed by atoms with van der Waals surface area (Å²) in [7, 11) is 0. The largest absolute Gasteiger partial charge is 0.338 e. The SMILES string of the molecule is CC(C)(C)c1ccnc(N2CCN(C3CCNC3)CC2)n1. The average molecular weight is 289 g/mol. The fourth-order valence-electron chi connectivity index (χ4n) is 3.16. The zero-order valence-corrected chi connectivity index (χ0v) is 13.5. The molecule has 0 spiro atoms. The van der Waals surface area contributed by atoms with E-state index in [2.05, 4.69) is 40.9 Å². The molecule has 3 heterocycles. The van der Waals surface area contributed by atoms with Crippen molar-refractivity contribution in [3.05, 3.63) is 18.0 Å². The highest BCUT2D eigenvalue weighted by atomic mass is 15.3. The first-order valence-electron chi connectivity index (χ1n) is 8.07. The minimum atomic E-state index is 0.0784. The van der Waals surface area contributed by atoms with E-state index in [-0.39, 0.29) is 5.41 Å². The van der Waals surface area contributed by atoms with E-state index in [0.717, 1.165) is 50.4 Å². The predicted octanol–water partition coefficient (Wildman–Crippen LogP) is 1.26. The summed E-state index contributed by atoms with van der Waals surface area (Å²) in [6, 6.07) is 2.76. The van der Waals surface area contributed by atoms with Crippen molar-refractivity contribution in [3.63, 3.8) is 0 Å². The molecule has 2 saturated heterocycles. The standard InChI is InChI=1S/C16H27N5/c1-16(2,3)14-5-7-18-15(19-14)21-10-8-20(9-11-21)13-4-6-17-12-13/h5,7,13,17H,4,6,8-12H2,1-3H3. The minimum Gasteiger partial charge on any atom is -0.338 e. The van der Waals surface area contributed by atoms with Crippen LogP contribution in [0, 0.1) is 0 Å². The van der Waals surface area contributed by atoms with Crippen molar-refractivity contribution < 1.29 is 0 Å². The highest BCUT2D eigenvalue weighted by Crippen LogP contribution is 2.22. The maximum Gasteiger partial charge on any atom is 0.225 e. The van der Waals surface area contributed by atoms with Gasteiger partial charge in [-0.3, -0.25) is 4.90 Å². The van der Waals surface area contributed by atoms with Gasteiger partial charge in [0.1, 0.15) is 0 Å². The Labute approximate surface area is 127 Å². The smallest absolute Gasteiger partial charge is 0.225 e. The lowest BCUT2D eigenvalue weighted by molar-refractivity contribution is 0.196. The van der Waals surface area contributed by atoms with Gasteiger partial charge in [-0.15, -0.1) is 0 Å². The van der Waals surface area contributed by atoms with Gasteiger partial charge < -0.3 is 10.2 Å². The Kier molecular flexibility index (Phi) is 4.13. The lowest BCUT2D eigenvalue weighted by atomic mass is 9.92. The molecule has 0 saturated carbocycles. The second-order valence-electron chi connectivity index (χ2n) is 7.16. The van der Waals surface area contributed by atoms with Gasteiger partial charge in [0.2, 0.25) is 5.95 Å². The molecule has 5 nitrogen and oxygen atoms in total. The highest BCUT2D eigenvalue weighted by molar-refractivity contribution is 5.32. The van der Waals surface area contributed by atoms with E-state index < -0.39 is 0 Å². The van der Waals surface area contributed by atoms with Crippen molar-refractivity contribution in [2.75, 3.05) is 44.2 Å². The van der Waals surface area contributed by atoms with Gasteiger partial charge in [-0.25, -0.2) is 9.97 Å². The van der Waals surface area contributed by atoms with Gasteiger partial charge in [0.05, 0.1) is 5.69 Å². The van der Waals surface area contributed by atoms with E-state index >= 15 is 0 Å². The minimum absolute atomic E-state index is 0.0784. The Bertz CT molecular complexity index is 468. The maximum absolute atomic E-state index is 4.77. The van der Waals surface area contributed by atoms with E-state index in [4.69, 9.17) is 4.98 Å². The fraction of sp³-hybridized carbons (Fsp3) is 0.750. The van der Waals surface area contributed by atoms with E-state index in [0.29, 0.717) is 0 Å². The Balaban J connectivity index is 1.64. The van der Waals surface area contributed by atoms with E-state index in [9.17, 15) is 0 Å². The first-order chi connectivity index (χ1) is 10.0. The molecule has 1 atom stereocenters. The molecule has 1 aromatic rings. The van der Waals surface area contributed by atoms with E-state index in [1.165, 1.54) is 13.0 Å². The van der Waals surface area contributed by atoms with Crippen molar-refractivity contribution in [2.45, 2.75) is 38.6 Å². The lowest BCUT2D eigenvalue weighted by Gasteiger charge is -2.38. The van der Waals surface area contributed by atoms with Crippen LogP contribution < -0.4 is 10.2 Å². The molecule has 2 fully saturated rings. The molecule has 1 aromatic heterocycles. The number of anilines is 1. The average Bonchev–Trinajstić information content (AvgIpc) is 3.01. The van der Waals surface area contributed by atoms with Crippen molar-refractivity contribution in [1.29, 1.82) is 0 Å². The van der Waals surface area contributed by atoms with Gasteiger partial charge in [-0.2, -0.15) is 0 Å². The lowest BCUT2D eigenvalue weighted by Crippen LogP contribution is -2.51. The molecule has 0 aromatic carbocycles. The molecular formula is C16H27N5. The van der Waals surface area contributed by atoms with Gasteiger partial charge in [-0.05, 0) is 19.0 Å². The van der Waals surface area contributed by atoms with Crippen molar-refractivity contribution in [2.24, 2.45) is 0 Å². The number of piperazine rings is 1. The molecule has 0 amide bonds. The summed E-state index contributed by atoms with van der Waals surface area (Å²) >= 11 is 0. The third-order valence-corrected chi connectivity index (χ3v) is 4.56. The van der Waals surface area contributed by atoms with Crippen LogP contribution in [0.25, 0.3) is 0 Å². The van der Waals surface area contributed by atoms with E-state index in [1.807, 2.05) is 12.3 Å². The monoisotopic (exact) mass is 289 g/mol. The molecular weight excluding hydrogens is 262 g/mol. The second-order valence-corrected chi connectivity index (χ2v) is 7.16. The van der Waals surface area contributed by atoms with Gasteiger partial charge in [0, 0.05) is 50.4 Å². The summed E-state index contributed by atoms with van der Waals surface area (Å²) in [4.78, 5) is 14.2. The summed E-state index contributed by atoms with van der Waals surface area (Å²) in [6.07, 6.45) is 3.19. The number of rotatable bonds is 2. The topological polar surface area (TPSA) is 44.3 Å². The van der Waals surface area contributed by atoms with Crippen LogP contribution in [0.15, 0.2) is 12.3 Å². The Morgan fingerprint density at radius 2 is 1.95 bits per heavy atom. The molecule has 0 radical (unpaired) electrons. The molecule has 1 N–H and O–H groups in total. The number of nitrogens with zero attached hydrogens (tertiary/aromatic N) is 4. The molecule has 0 aliphatic carbocycles. The molecule has 5 heteroatoms. The quantitative estimate of drug-likeness (QED) is 0.888. The zero-order chi connectivity index (χ0) is 14.9. The Morgan fingerprint density at radius 3 is 2.57 bits per heavy atom. The summed E-state index contributed by atoms with van der Waals surface area (Å²) in [6.45, 7) is 13.2. The third kappa shape index (κ3) is 3.35. The predicted molar refractivity (Wildman–Crippen MR) is 85.8 cm³/mol. The molecule has 3 rings (SSSR count). The third-order valence-electron chi connectivity index (χ3n) is 4.56. The highest BCUT2D eigenvalue weighted by Gasteiger charge is 2.27. The van der Waals surface area contributed by atoms with Crippen LogP contribution >= 0.6 is 0 Å². The van der Waals surface area contributed by atoms with Crippen LogP contribution in [0.5, 0.6) is 0 Å². The summed E-state index contributed by atoms with van der Waals surface area (Å²) in [5, 5.41) is 3.46. The summed E-state index contributed by atoms with van der Waals surface area (Å²) < 4.78 is 0. The molecule has 2 aliphatic heterocycles. The van der Waals surface area contributed by atoms with Crippen molar-refractivity contribution in [1.82, 2.24) is 20.2 Å². The van der Waals surface area contributed by atoms with Crippen LogP contribution in [-0.4, -0.2) is 60.2 Å². The number of hydrogen-bond acceptors (Lipinski definition) is 5. The summed E-state index contributed by atoms with van der Waals surface area (Å²) in [5.41, 5.74) is 1.20. The van der Waals surface area contributed by atoms with Crippen LogP contribution in [-0.2, 0) is 5.41 Å². The van der Waals surface area contributed by atoms with Crippen LogP contribution in [0.3, 0.4) is 0 Å². The van der Waals surface area contributed by atoms with Crippen LogP contribution in [0.4, 0.5) is 5.95 Å². The normalized spacial score (nSPS) is 24.5. The fourth-order valence-corrected chi connectivity index (χ4v) is 3.16.